The highest BCUT2D eigenvalue weighted by molar-refractivity contribution is 6.08. The standard InChI is InChI=1S/C21H19NO5/c1-10(23)11-4-2-3-5-16(11)27-17(24)9-22-20(25)18-12-6-7-13(15-8-14(12)15)19(18)21(22)26/h2-7,12-15,18-19H,8-9H2,1H3/t12-,13-,14-,15-,18-,19+/m1/s1. The molecular weight excluding hydrogens is 346 g/mol. The zero-order valence-electron chi connectivity index (χ0n) is 14.8. The Kier molecular flexibility index (Phi) is 3.41. The Hall–Kier alpha value is -2.76. The molecule has 1 heterocycles. The number of esters is 1. The van der Waals surface area contributed by atoms with Crippen molar-refractivity contribution >= 4 is 23.6 Å². The largest absolute Gasteiger partial charge is 0.424 e. The second kappa shape index (κ2) is 5.62. The van der Waals surface area contributed by atoms with E-state index in [1.807, 2.05) is 0 Å². The maximum absolute atomic E-state index is 12.9. The number of ketones is 1. The van der Waals surface area contributed by atoms with Crippen molar-refractivity contribution in [1.82, 2.24) is 4.90 Å². The van der Waals surface area contributed by atoms with Crippen molar-refractivity contribution in [3.05, 3.63) is 42.0 Å². The Morgan fingerprint density at radius 1 is 1.04 bits per heavy atom. The van der Waals surface area contributed by atoms with Gasteiger partial charge >= 0.3 is 5.97 Å². The molecule has 2 bridgehead atoms. The molecule has 5 aliphatic rings. The van der Waals surface area contributed by atoms with E-state index in [9.17, 15) is 19.2 Å². The summed E-state index contributed by atoms with van der Waals surface area (Å²) < 4.78 is 5.30. The Bertz CT molecular complexity index is 883. The first-order valence-electron chi connectivity index (χ1n) is 9.31. The second-order valence-corrected chi connectivity index (χ2v) is 7.94. The minimum atomic E-state index is -0.713. The molecule has 0 radical (unpaired) electrons. The molecule has 6 rings (SSSR count). The molecule has 6 nitrogen and oxygen atoms in total. The van der Waals surface area contributed by atoms with E-state index < -0.39 is 12.5 Å². The summed E-state index contributed by atoms with van der Waals surface area (Å²) in [5.41, 5.74) is 0.293. The van der Waals surface area contributed by atoms with Crippen LogP contribution in [0.1, 0.15) is 23.7 Å². The first kappa shape index (κ1) is 16.4. The molecule has 1 aromatic carbocycles. The molecule has 2 amide bonds. The van der Waals surface area contributed by atoms with Gasteiger partial charge in [0.15, 0.2) is 5.78 Å². The fourth-order valence-electron chi connectivity index (χ4n) is 5.31. The number of likely N-dealkylation sites (tertiary alicyclic amines) is 1. The van der Waals surface area contributed by atoms with Crippen molar-refractivity contribution in [2.24, 2.45) is 35.5 Å². The maximum Gasteiger partial charge on any atom is 0.331 e. The van der Waals surface area contributed by atoms with Crippen molar-refractivity contribution in [1.29, 1.82) is 0 Å². The van der Waals surface area contributed by atoms with E-state index in [1.165, 1.54) is 13.0 Å². The molecule has 1 aromatic rings. The molecule has 0 spiro atoms. The van der Waals surface area contributed by atoms with E-state index in [-0.39, 0.29) is 47.0 Å². The molecule has 2 saturated carbocycles. The molecule has 0 unspecified atom stereocenters. The Morgan fingerprint density at radius 3 is 2.22 bits per heavy atom. The van der Waals surface area contributed by atoms with Crippen LogP contribution in [0.2, 0.25) is 0 Å². The summed E-state index contributed by atoms with van der Waals surface area (Å²) in [5, 5.41) is 0. The molecule has 0 aromatic heterocycles. The van der Waals surface area contributed by atoms with Crippen LogP contribution in [0.5, 0.6) is 5.75 Å². The van der Waals surface area contributed by atoms with Gasteiger partial charge in [0, 0.05) is 0 Å². The predicted octanol–water partition coefficient (Wildman–Crippen LogP) is 1.85. The lowest BCUT2D eigenvalue weighted by Crippen LogP contribution is -2.40. The highest BCUT2D eigenvalue weighted by Gasteiger charge is 2.67. The first-order chi connectivity index (χ1) is 13.0. The van der Waals surface area contributed by atoms with Gasteiger partial charge in [-0.2, -0.15) is 0 Å². The number of benzene rings is 1. The number of hydrogen-bond donors (Lipinski definition) is 0. The number of carbonyl (C=O) groups excluding carboxylic acids is 4. The van der Waals surface area contributed by atoms with E-state index in [0.717, 1.165) is 11.3 Å². The van der Waals surface area contributed by atoms with Crippen LogP contribution in [0.15, 0.2) is 36.4 Å². The van der Waals surface area contributed by atoms with Crippen LogP contribution >= 0.6 is 0 Å². The van der Waals surface area contributed by atoms with Crippen LogP contribution in [0.4, 0.5) is 0 Å². The summed E-state index contributed by atoms with van der Waals surface area (Å²) >= 11 is 0. The zero-order chi connectivity index (χ0) is 18.9. The van der Waals surface area contributed by atoms with Gasteiger partial charge in [0.1, 0.15) is 12.3 Å². The maximum atomic E-state index is 12.9. The van der Waals surface area contributed by atoms with Gasteiger partial charge in [-0.15, -0.1) is 0 Å². The van der Waals surface area contributed by atoms with Crippen LogP contribution in [0.25, 0.3) is 0 Å². The average Bonchev–Trinajstić information content (AvgIpc) is 3.43. The van der Waals surface area contributed by atoms with Crippen molar-refractivity contribution in [3.8, 4) is 5.75 Å². The van der Waals surface area contributed by atoms with Gasteiger partial charge in [0.2, 0.25) is 11.8 Å². The van der Waals surface area contributed by atoms with Crippen LogP contribution in [-0.4, -0.2) is 35.0 Å². The summed E-state index contributed by atoms with van der Waals surface area (Å²) in [6.07, 6.45) is 5.28. The molecular formula is C21H19NO5. The van der Waals surface area contributed by atoms with Crippen molar-refractivity contribution in [3.63, 3.8) is 0 Å². The van der Waals surface area contributed by atoms with Crippen LogP contribution in [0.3, 0.4) is 0 Å². The highest BCUT2D eigenvalue weighted by Crippen LogP contribution is 2.65. The molecule has 6 atom stereocenters. The Balaban J connectivity index is 1.34. The van der Waals surface area contributed by atoms with E-state index in [2.05, 4.69) is 12.2 Å². The van der Waals surface area contributed by atoms with Crippen LogP contribution in [-0.2, 0) is 14.4 Å². The smallest absolute Gasteiger partial charge is 0.331 e. The lowest BCUT2D eigenvalue weighted by molar-refractivity contribution is -0.148. The fourth-order valence-corrected chi connectivity index (χ4v) is 5.31. The number of Topliss-reactive ketones (excluding diaryl/α,β-unsaturated/α-hetero) is 1. The molecule has 0 N–H and O–H groups in total. The quantitative estimate of drug-likeness (QED) is 0.267. The van der Waals surface area contributed by atoms with Gasteiger partial charge in [0.25, 0.3) is 0 Å². The van der Waals surface area contributed by atoms with E-state index in [1.54, 1.807) is 18.2 Å². The monoisotopic (exact) mass is 365 g/mol. The lowest BCUT2D eigenvalue weighted by atomic mass is 9.63. The van der Waals surface area contributed by atoms with Crippen LogP contribution in [0, 0.1) is 35.5 Å². The molecule has 1 aliphatic heterocycles. The van der Waals surface area contributed by atoms with Crippen molar-refractivity contribution < 1.29 is 23.9 Å². The van der Waals surface area contributed by atoms with Gasteiger partial charge in [-0.1, -0.05) is 24.3 Å². The van der Waals surface area contributed by atoms with Crippen molar-refractivity contribution in [2.45, 2.75) is 13.3 Å². The Morgan fingerprint density at radius 2 is 1.63 bits per heavy atom. The molecule has 27 heavy (non-hydrogen) atoms. The number of ether oxygens (including phenoxy) is 1. The fraction of sp³-hybridized carbons (Fsp3) is 0.429. The molecule has 3 fully saturated rings. The molecule has 4 aliphatic carbocycles. The average molecular weight is 365 g/mol. The summed E-state index contributed by atoms with van der Waals surface area (Å²) in [4.78, 5) is 50.9. The summed E-state index contributed by atoms with van der Waals surface area (Å²) in [6, 6.07) is 6.44. The molecule has 1 saturated heterocycles. The lowest BCUT2D eigenvalue weighted by Gasteiger charge is -2.37. The third-order valence-electron chi connectivity index (χ3n) is 6.53. The number of hydrogen-bond acceptors (Lipinski definition) is 5. The summed E-state index contributed by atoms with van der Waals surface area (Å²) in [6.45, 7) is 0.977. The molecule has 138 valence electrons. The topological polar surface area (TPSA) is 80.8 Å². The van der Waals surface area contributed by atoms with Gasteiger partial charge in [-0.3, -0.25) is 19.3 Å². The number of carbonyl (C=O) groups is 4. The van der Waals surface area contributed by atoms with E-state index in [0.29, 0.717) is 17.4 Å². The summed E-state index contributed by atoms with van der Waals surface area (Å²) in [5.74, 6) is -0.662. The zero-order valence-corrected chi connectivity index (χ0v) is 14.8. The summed E-state index contributed by atoms with van der Waals surface area (Å²) in [7, 11) is 0. The predicted molar refractivity (Wildman–Crippen MR) is 93.5 cm³/mol. The van der Waals surface area contributed by atoms with Gasteiger partial charge in [-0.05, 0) is 49.1 Å². The minimum Gasteiger partial charge on any atom is -0.424 e. The normalized spacial score (nSPS) is 35.1. The number of amides is 2. The minimum absolute atomic E-state index is 0.126. The van der Waals surface area contributed by atoms with Gasteiger partial charge in [0.05, 0.1) is 17.4 Å². The van der Waals surface area contributed by atoms with Crippen molar-refractivity contribution in [2.75, 3.05) is 6.54 Å². The van der Waals surface area contributed by atoms with E-state index >= 15 is 0 Å². The third-order valence-corrected chi connectivity index (χ3v) is 6.53. The van der Waals surface area contributed by atoms with Gasteiger partial charge in [-0.25, -0.2) is 4.79 Å². The second-order valence-electron chi connectivity index (χ2n) is 7.94. The van der Waals surface area contributed by atoms with E-state index in [4.69, 9.17) is 4.74 Å². The number of para-hydroxylation sites is 1. The first-order valence-corrected chi connectivity index (χ1v) is 9.31. The highest BCUT2D eigenvalue weighted by atomic mass is 16.5. The third kappa shape index (κ3) is 2.32. The SMILES string of the molecule is CC(=O)c1ccccc1OC(=O)CN1C(=O)[C@@H]2[C@@H]3C=C[C@H]([C@H]4C[C@H]34)[C@@H]2C1=O. The number of imide groups is 1. The molecule has 6 heteroatoms. The number of nitrogens with zero attached hydrogens (tertiary/aromatic N) is 1. The number of rotatable bonds is 4. The Labute approximate surface area is 156 Å². The van der Waals surface area contributed by atoms with Gasteiger partial charge < -0.3 is 4.74 Å². The van der Waals surface area contributed by atoms with Crippen LogP contribution < -0.4 is 4.74 Å². The number of allylic oxidation sites excluding steroid dienone is 2.